The van der Waals surface area contributed by atoms with Crippen LogP contribution in [0.5, 0.6) is 23.0 Å². The maximum Gasteiger partial charge on any atom is 0.338 e. The zero-order valence-corrected chi connectivity index (χ0v) is 19.3. The molecule has 0 saturated heterocycles. The molecule has 2 aromatic rings. The molecule has 7 nitrogen and oxygen atoms in total. The molecule has 174 valence electrons. The van der Waals surface area contributed by atoms with Gasteiger partial charge in [0.05, 0.1) is 18.1 Å². The maximum atomic E-state index is 12.8. The Morgan fingerprint density at radius 3 is 2.91 bits per heavy atom. The van der Waals surface area contributed by atoms with E-state index in [2.05, 4.69) is 24.6 Å². The van der Waals surface area contributed by atoms with Crippen molar-refractivity contribution in [2.45, 2.75) is 43.9 Å². The van der Waals surface area contributed by atoms with Gasteiger partial charge < -0.3 is 28.6 Å². The van der Waals surface area contributed by atoms with E-state index in [9.17, 15) is 4.79 Å². The molecular formula is C26H29NO6. The van der Waals surface area contributed by atoms with Crippen molar-refractivity contribution >= 4 is 5.97 Å². The van der Waals surface area contributed by atoms with E-state index in [1.54, 1.807) is 25.3 Å². The summed E-state index contributed by atoms with van der Waals surface area (Å²) in [7, 11) is 3.78. The smallest absolute Gasteiger partial charge is 0.338 e. The summed E-state index contributed by atoms with van der Waals surface area (Å²) >= 11 is 0. The number of benzene rings is 2. The Morgan fingerprint density at radius 1 is 1.30 bits per heavy atom. The Kier molecular flexibility index (Phi) is 5.44. The molecule has 0 amide bonds. The molecule has 3 aliphatic heterocycles. The highest BCUT2D eigenvalue weighted by atomic mass is 16.7. The molecule has 1 unspecified atom stereocenters. The van der Waals surface area contributed by atoms with Crippen LogP contribution in [0.1, 0.15) is 41.3 Å². The summed E-state index contributed by atoms with van der Waals surface area (Å²) < 4.78 is 28.6. The minimum atomic E-state index is -0.400. The Hall–Kier alpha value is -3.19. The molecule has 0 aromatic heterocycles. The SMILES string of the molecule is C=C[C@@]12CCN(C)Cc3ccc(OC)c(c31)OC2C[C@H](C)OC(=O)c1ccc2c(c1)OCO2. The number of fused-ring (bicyclic) bond motifs is 1. The normalized spacial score (nSPS) is 23.8. The number of methoxy groups -OCH3 is 1. The molecule has 0 N–H and O–H groups in total. The van der Waals surface area contributed by atoms with Crippen LogP contribution in [0.2, 0.25) is 0 Å². The first kappa shape index (κ1) is 21.6. The van der Waals surface area contributed by atoms with Crippen LogP contribution in [-0.4, -0.2) is 50.6 Å². The highest BCUT2D eigenvalue weighted by molar-refractivity contribution is 5.90. The van der Waals surface area contributed by atoms with Crippen LogP contribution in [0, 0.1) is 0 Å². The zero-order chi connectivity index (χ0) is 23.2. The van der Waals surface area contributed by atoms with Gasteiger partial charge in [0.25, 0.3) is 0 Å². The van der Waals surface area contributed by atoms with E-state index >= 15 is 0 Å². The molecule has 3 aliphatic rings. The lowest BCUT2D eigenvalue weighted by atomic mass is 9.72. The number of hydrogen-bond donors (Lipinski definition) is 0. The van der Waals surface area contributed by atoms with Crippen molar-refractivity contribution in [1.82, 2.24) is 4.90 Å². The van der Waals surface area contributed by atoms with Gasteiger partial charge in [-0.15, -0.1) is 6.58 Å². The second kappa shape index (κ2) is 8.30. The Morgan fingerprint density at radius 2 is 2.12 bits per heavy atom. The molecule has 7 heteroatoms. The molecule has 0 aliphatic carbocycles. The third-order valence-electron chi connectivity index (χ3n) is 6.90. The average Bonchev–Trinajstić information content (AvgIpc) is 3.36. The third-order valence-corrected chi connectivity index (χ3v) is 6.90. The molecule has 3 heterocycles. The lowest BCUT2D eigenvalue weighted by molar-refractivity contribution is 0.0186. The van der Waals surface area contributed by atoms with Crippen molar-refractivity contribution < 1.29 is 28.5 Å². The minimum absolute atomic E-state index is 0.161. The topological polar surface area (TPSA) is 66.5 Å². The summed E-state index contributed by atoms with van der Waals surface area (Å²) in [4.78, 5) is 15.1. The first-order chi connectivity index (χ1) is 15.9. The van der Waals surface area contributed by atoms with E-state index in [1.165, 1.54) is 5.56 Å². The lowest BCUT2D eigenvalue weighted by Gasteiger charge is -2.32. The maximum absolute atomic E-state index is 12.8. The number of nitrogens with zero attached hydrogens (tertiary/aromatic N) is 1. The van der Waals surface area contributed by atoms with Crippen LogP contribution < -0.4 is 18.9 Å². The number of carbonyl (C=O) groups excluding carboxylic acids is 1. The predicted octanol–water partition coefficient (Wildman–Crippen LogP) is 4.08. The molecule has 33 heavy (non-hydrogen) atoms. The molecule has 5 rings (SSSR count). The molecule has 0 bridgehead atoms. The van der Waals surface area contributed by atoms with Crippen LogP contribution in [0.25, 0.3) is 0 Å². The number of ether oxygens (including phenoxy) is 5. The summed E-state index contributed by atoms with van der Waals surface area (Å²) in [6.07, 6.45) is 2.83. The van der Waals surface area contributed by atoms with E-state index in [0.717, 1.165) is 36.6 Å². The summed E-state index contributed by atoms with van der Waals surface area (Å²) in [5.74, 6) is 2.29. The highest BCUT2D eigenvalue weighted by Crippen LogP contribution is 2.54. The molecule has 0 saturated carbocycles. The fourth-order valence-electron chi connectivity index (χ4n) is 5.18. The van der Waals surface area contributed by atoms with Gasteiger partial charge in [-0.3, -0.25) is 0 Å². The van der Waals surface area contributed by atoms with E-state index < -0.39 is 5.97 Å². The summed E-state index contributed by atoms with van der Waals surface area (Å²) in [6.45, 7) is 8.02. The van der Waals surface area contributed by atoms with Crippen molar-refractivity contribution in [2.24, 2.45) is 0 Å². The molecular weight excluding hydrogens is 422 g/mol. The largest absolute Gasteiger partial charge is 0.493 e. The molecule has 0 radical (unpaired) electrons. The van der Waals surface area contributed by atoms with Crippen LogP contribution in [-0.2, 0) is 16.7 Å². The van der Waals surface area contributed by atoms with Gasteiger partial charge >= 0.3 is 5.97 Å². The van der Waals surface area contributed by atoms with Gasteiger partial charge in [0.15, 0.2) is 23.0 Å². The summed E-state index contributed by atoms with van der Waals surface area (Å²) in [5.41, 5.74) is 2.43. The highest BCUT2D eigenvalue weighted by Gasteiger charge is 2.51. The van der Waals surface area contributed by atoms with Crippen molar-refractivity contribution in [3.63, 3.8) is 0 Å². The van der Waals surface area contributed by atoms with Crippen molar-refractivity contribution in [3.8, 4) is 23.0 Å². The fraction of sp³-hybridized carbons (Fsp3) is 0.423. The predicted molar refractivity (Wildman–Crippen MR) is 122 cm³/mol. The number of rotatable bonds is 6. The van der Waals surface area contributed by atoms with Gasteiger partial charge in [-0.2, -0.15) is 0 Å². The van der Waals surface area contributed by atoms with Gasteiger partial charge in [0.2, 0.25) is 6.79 Å². The first-order valence-electron chi connectivity index (χ1n) is 11.2. The van der Waals surface area contributed by atoms with Gasteiger partial charge in [-0.25, -0.2) is 4.79 Å². The quantitative estimate of drug-likeness (QED) is 0.484. The van der Waals surface area contributed by atoms with Gasteiger partial charge in [0.1, 0.15) is 12.2 Å². The second-order valence-electron chi connectivity index (χ2n) is 8.99. The van der Waals surface area contributed by atoms with Crippen molar-refractivity contribution in [3.05, 3.63) is 59.7 Å². The van der Waals surface area contributed by atoms with E-state index in [1.807, 2.05) is 19.1 Å². The number of hydrogen-bond acceptors (Lipinski definition) is 7. The van der Waals surface area contributed by atoms with Crippen LogP contribution in [0.15, 0.2) is 43.0 Å². The second-order valence-corrected chi connectivity index (χ2v) is 8.99. The van der Waals surface area contributed by atoms with Gasteiger partial charge in [-0.1, -0.05) is 12.1 Å². The van der Waals surface area contributed by atoms with Gasteiger partial charge in [0, 0.05) is 18.5 Å². The molecule has 0 fully saturated rings. The Balaban J connectivity index is 1.38. The van der Waals surface area contributed by atoms with Crippen LogP contribution in [0.3, 0.4) is 0 Å². The standard InChI is InChI=1S/C26H29NO6/c1-5-26-10-11-27(3)14-18-7-9-20(29-4)24(23(18)26)33-22(26)12-16(2)32-25(28)17-6-8-19-21(13-17)31-15-30-19/h5-9,13,16,22H,1,10-12,14-15H2,2-4H3/t16-,22?,26-/m0/s1. The molecule has 0 spiro atoms. The Labute approximate surface area is 193 Å². The molecule has 2 aromatic carbocycles. The summed E-state index contributed by atoms with van der Waals surface area (Å²) in [6, 6.07) is 9.15. The van der Waals surface area contributed by atoms with Gasteiger partial charge in [-0.05, 0) is 56.8 Å². The monoisotopic (exact) mass is 451 g/mol. The Bertz CT molecular complexity index is 1100. The number of carbonyl (C=O) groups is 1. The number of esters is 1. The zero-order valence-electron chi connectivity index (χ0n) is 19.3. The minimum Gasteiger partial charge on any atom is -0.493 e. The average molecular weight is 452 g/mol. The van der Waals surface area contributed by atoms with E-state index in [4.69, 9.17) is 23.7 Å². The lowest BCUT2D eigenvalue weighted by Crippen LogP contribution is -2.40. The van der Waals surface area contributed by atoms with E-state index in [-0.39, 0.29) is 24.4 Å². The van der Waals surface area contributed by atoms with Crippen molar-refractivity contribution in [1.29, 1.82) is 0 Å². The fourth-order valence-corrected chi connectivity index (χ4v) is 5.18. The third kappa shape index (κ3) is 3.60. The first-order valence-corrected chi connectivity index (χ1v) is 11.2. The molecule has 3 atom stereocenters. The van der Waals surface area contributed by atoms with Crippen LogP contribution in [0.4, 0.5) is 0 Å². The van der Waals surface area contributed by atoms with E-state index in [0.29, 0.717) is 23.5 Å². The van der Waals surface area contributed by atoms with Crippen molar-refractivity contribution in [2.75, 3.05) is 27.5 Å². The van der Waals surface area contributed by atoms with Crippen LogP contribution >= 0.6 is 0 Å². The summed E-state index contributed by atoms with van der Waals surface area (Å²) in [5, 5.41) is 0.